The lowest BCUT2D eigenvalue weighted by Crippen LogP contribution is -2.24. The van der Waals surface area contributed by atoms with Crippen molar-refractivity contribution in [2.75, 3.05) is 31.4 Å². The average Bonchev–Trinajstić information content (AvgIpc) is 3.07. The van der Waals surface area contributed by atoms with Crippen LogP contribution in [-0.2, 0) is 11.2 Å². The Bertz CT molecular complexity index is 1020. The maximum absolute atomic E-state index is 12.4. The van der Waals surface area contributed by atoms with E-state index in [2.05, 4.69) is 9.97 Å². The monoisotopic (exact) mass is 378 g/mol. The number of carbonyl (C=O) groups is 1. The predicted molar refractivity (Wildman–Crippen MR) is 108 cm³/mol. The molecule has 0 unspecified atom stereocenters. The van der Waals surface area contributed by atoms with Crippen LogP contribution >= 0.6 is 0 Å². The standard InChI is InChI=1S/C21H22N4O3/c1-27-17-10-15-16(11-18(17)28-2)23-19(24-21(15)22)8-13-9-20(26)25(12-13)14-6-4-3-5-7-14/h3-7,10-11,13H,8-9,12H2,1-2H3,(H2,22,23,24)/t13-/m1/s1. The first-order chi connectivity index (χ1) is 13.6. The number of amides is 1. The van der Waals surface area contributed by atoms with Crippen LogP contribution in [0.25, 0.3) is 10.9 Å². The van der Waals surface area contributed by atoms with E-state index >= 15 is 0 Å². The molecule has 3 aromatic rings. The Morgan fingerprint density at radius 3 is 2.54 bits per heavy atom. The fourth-order valence-electron chi connectivity index (χ4n) is 3.65. The number of fused-ring (bicyclic) bond motifs is 1. The number of aromatic nitrogens is 2. The largest absolute Gasteiger partial charge is 0.493 e. The quantitative estimate of drug-likeness (QED) is 0.734. The molecule has 7 heteroatoms. The maximum Gasteiger partial charge on any atom is 0.227 e. The van der Waals surface area contributed by atoms with Crippen LogP contribution in [0.1, 0.15) is 12.2 Å². The van der Waals surface area contributed by atoms with Crippen molar-refractivity contribution in [1.29, 1.82) is 0 Å². The zero-order chi connectivity index (χ0) is 19.7. The van der Waals surface area contributed by atoms with Gasteiger partial charge in [-0.05, 0) is 24.1 Å². The molecule has 0 radical (unpaired) electrons. The molecule has 1 atom stereocenters. The van der Waals surface area contributed by atoms with Crippen LogP contribution in [-0.4, -0.2) is 36.6 Å². The zero-order valence-corrected chi connectivity index (χ0v) is 15.9. The summed E-state index contributed by atoms with van der Waals surface area (Å²) in [5.41, 5.74) is 7.79. The smallest absolute Gasteiger partial charge is 0.227 e. The van der Waals surface area contributed by atoms with Crippen molar-refractivity contribution in [1.82, 2.24) is 9.97 Å². The van der Waals surface area contributed by atoms with Gasteiger partial charge in [-0.15, -0.1) is 0 Å². The molecule has 4 rings (SSSR count). The van der Waals surface area contributed by atoms with Crippen molar-refractivity contribution in [3.63, 3.8) is 0 Å². The maximum atomic E-state index is 12.4. The number of hydrogen-bond donors (Lipinski definition) is 1. The topological polar surface area (TPSA) is 90.6 Å². The fraction of sp³-hybridized carbons (Fsp3) is 0.286. The molecule has 0 bridgehead atoms. The Kier molecular flexibility index (Phi) is 4.73. The summed E-state index contributed by atoms with van der Waals surface area (Å²) < 4.78 is 10.7. The number of hydrogen-bond acceptors (Lipinski definition) is 6. The molecule has 1 fully saturated rings. The molecule has 2 N–H and O–H groups in total. The van der Waals surface area contributed by atoms with Crippen LogP contribution in [0.4, 0.5) is 11.5 Å². The molecule has 1 amide bonds. The van der Waals surface area contributed by atoms with Crippen LogP contribution < -0.4 is 20.1 Å². The Labute approximate surface area is 163 Å². The molecule has 2 aromatic carbocycles. The summed E-state index contributed by atoms with van der Waals surface area (Å²) in [6, 6.07) is 13.3. The summed E-state index contributed by atoms with van der Waals surface area (Å²) in [5.74, 6) is 2.46. The van der Waals surface area contributed by atoms with Crippen LogP contribution in [0.5, 0.6) is 11.5 Å². The molecule has 1 aliphatic rings. The molecule has 1 saturated heterocycles. The lowest BCUT2D eigenvalue weighted by atomic mass is 10.0. The van der Waals surface area contributed by atoms with E-state index < -0.39 is 0 Å². The molecular weight excluding hydrogens is 356 g/mol. The van der Waals surface area contributed by atoms with Crippen LogP contribution in [0.2, 0.25) is 0 Å². The summed E-state index contributed by atoms with van der Waals surface area (Å²) in [6.07, 6.45) is 1.06. The Morgan fingerprint density at radius 2 is 1.82 bits per heavy atom. The molecule has 1 aromatic heterocycles. The number of nitrogen functional groups attached to an aromatic ring is 1. The fourth-order valence-corrected chi connectivity index (χ4v) is 3.65. The van der Waals surface area contributed by atoms with Gasteiger partial charge in [-0.3, -0.25) is 4.79 Å². The van der Waals surface area contributed by atoms with Gasteiger partial charge in [0.25, 0.3) is 0 Å². The second-order valence-electron chi connectivity index (χ2n) is 6.86. The van der Waals surface area contributed by atoms with Crippen molar-refractivity contribution < 1.29 is 14.3 Å². The van der Waals surface area contributed by atoms with Crippen molar-refractivity contribution >= 4 is 28.3 Å². The second kappa shape index (κ2) is 7.34. The number of methoxy groups -OCH3 is 2. The first kappa shape index (κ1) is 18.0. The molecule has 0 aliphatic carbocycles. The van der Waals surface area contributed by atoms with E-state index in [9.17, 15) is 4.79 Å². The van der Waals surface area contributed by atoms with E-state index in [-0.39, 0.29) is 11.8 Å². The van der Waals surface area contributed by atoms with Crippen LogP contribution in [0.3, 0.4) is 0 Å². The predicted octanol–water partition coefficient (Wildman–Crippen LogP) is 2.82. The molecule has 0 saturated carbocycles. The van der Waals surface area contributed by atoms with Crippen molar-refractivity contribution in [2.45, 2.75) is 12.8 Å². The molecule has 7 nitrogen and oxygen atoms in total. The highest BCUT2D eigenvalue weighted by atomic mass is 16.5. The first-order valence-electron chi connectivity index (χ1n) is 9.12. The summed E-state index contributed by atoms with van der Waals surface area (Å²) in [7, 11) is 3.15. The number of anilines is 2. The molecule has 28 heavy (non-hydrogen) atoms. The minimum absolute atomic E-state index is 0.122. The highest BCUT2D eigenvalue weighted by Crippen LogP contribution is 2.34. The van der Waals surface area contributed by atoms with E-state index in [4.69, 9.17) is 15.2 Å². The highest BCUT2D eigenvalue weighted by molar-refractivity contribution is 5.95. The number of rotatable bonds is 5. The van der Waals surface area contributed by atoms with Gasteiger partial charge in [-0.2, -0.15) is 0 Å². The molecule has 2 heterocycles. The number of para-hydroxylation sites is 1. The summed E-state index contributed by atoms with van der Waals surface area (Å²) in [4.78, 5) is 23.4. The molecule has 1 aliphatic heterocycles. The van der Waals surface area contributed by atoms with Crippen LogP contribution in [0.15, 0.2) is 42.5 Å². The Morgan fingerprint density at radius 1 is 1.11 bits per heavy atom. The van der Waals surface area contributed by atoms with Gasteiger partial charge in [0.2, 0.25) is 5.91 Å². The lowest BCUT2D eigenvalue weighted by molar-refractivity contribution is -0.117. The van der Waals surface area contributed by atoms with Gasteiger partial charge in [0.05, 0.1) is 19.7 Å². The van der Waals surface area contributed by atoms with E-state index in [1.165, 1.54) is 0 Å². The molecular formula is C21H22N4O3. The summed E-state index contributed by atoms with van der Waals surface area (Å²) in [6.45, 7) is 0.649. The minimum Gasteiger partial charge on any atom is -0.493 e. The van der Waals surface area contributed by atoms with E-state index in [0.29, 0.717) is 48.0 Å². The lowest BCUT2D eigenvalue weighted by Gasteiger charge is -2.16. The summed E-state index contributed by atoms with van der Waals surface area (Å²) in [5, 5.41) is 0.717. The number of carbonyl (C=O) groups excluding carboxylic acids is 1. The third-order valence-electron chi connectivity index (χ3n) is 5.02. The van der Waals surface area contributed by atoms with Gasteiger partial charge in [-0.25, -0.2) is 9.97 Å². The van der Waals surface area contributed by atoms with Crippen molar-refractivity contribution in [3.05, 3.63) is 48.3 Å². The van der Waals surface area contributed by atoms with Gasteiger partial charge in [0, 0.05) is 36.5 Å². The molecule has 144 valence electrons. The van der Waals surface area contributed by atoms with E-state index in [1.54, 1.807) is 26.4 Å². The van der Waals surface area contributed by atoms with Gasteiger partial charge in [0.1, 0.15) is 11.6 Å². The normalized spacial score (nSPS) is 16.6. The zero-order valence-electron chi connectivity index (χ0n) is 15.9. The van der Waals surface area contributed by atoms with Crippen molar-refractivity contribution in [3.8, 4) is 11.5 Å². The summed E-state index contributed by atoms with van der Waals surface area (Å²) >= 11 is 0. The third kappa shape index (κ3) is 3.31. The number of nitrogens with zero attached hydrogens (tertiary/aromatic N) is 3. The Balaban J connectivity index is 1.59. The van der Waals surface area contributed by atoms with Crippen LogP contribution in [0, 0.1) is 5.92 Å². The third-order valence-corrected chi connectivity index (χ3v) is 5.02. The van der Waals surface area contributed by atoms with Gasteiger partial charge in [-0.1, -0.05) is 18.2 Å². The first-order valence-corrected chi connectivity index (χ1v) is 9.12. The van der Waals surface area contributed by atoms with Gasteiger partial charge < -0.3 is 20.1 Å². The number of nitrogens with two attached hydrogens (primary N) is 1. The van der Waals surface area contributed by atoms with Gasteiger partial charge >= 0.3 is 0 Å². The molecule has 0 spiro atoms. The van der Waals surface area contributed by atoms with E-state index in [0.717, 1.165) is 11.1 Å². The number of ether oxygens (including phenoxy) is 2. The van der Waals surface area contributed by atoms with Crippen molar-refractivity contribution in [2.24, 2.45) is 5.92 Å². The average molecular weight is 378 g/mol. The minimum atomic E-state index is 0.122. The number of benzene rings is 2. The Hall–Kier alpha value is -3.35. The van der Waals surface area contributed by atoms with E-state index in [1.807, 2.05) is 35.2 Å². The van der Waals surface area contributed by atoms with Gasteiger partial charge in [0.15, 0.2) is 11.5 Å². The second-order valence-corrected chi connectivity index (χ2v) is 6.86. The SMILES string of the molecule is COc1cc2nc(C[C@@H]3CC(=O)N(c4ccccc4)C3)nc(N)c2cc1OC. The highest BCUT2D eigenvalue weighted by Gasteiger charge is 2.31.